The van der Waals surface area contributed by atoms with Gasteiger partial charge in [0, 0.05) is 17.9 Å². The molecule has 0 saturated carbocycles. The van der Waals surface area contributed by atoms with Gasteiger partial charge in [-0.15, -0.1) is 0 Å². The molecule has 2 rings (SSSR count). The minimum Gasteiger partial charge on any atom is -0.399 e. The summed E-state index contributed by atoms with van der Waals surface area (Å²) in [4.78, 5) is 0. The van der Waals surface area contributed by atoms with Gasteiger partial charge < -0.3 is 11.1 Å². The Hall–Kier alpha value is -1.96. The average molecular weight is 240 g/mol. The highest BCUT2D eigenvalue weighted by atomic mass is 14.9. The van der Waals surface area contributed by atoms with Gasteiger partial charge in [0.15, 0.2) is 0 Å². The third-order valence-corrected chi connectivity index (χ3v) is 3.23. The molecule has 0 spiro atoms. The number of aryl methyl sites for hydroxylation is 2. The maximum atomic E-state index is 5.79. The van der Waals surface area contributed by atoms with Crippen LogP contribution in [0.3, 0.4) is 0 Å². The van der Waals surface area contributed by atoms with Crippen LogP contribution in [0.15, 0.2) is 42.5 Å². The van der Waals surface area contributed by atoms with Gasteiger partial charge in [-0.2, -0.15) is 0 Å². The van der Waals surface area contributed by atoms with Crippen LogP contribution in [0.25, 0.3) is 0 Å². The summed E-state index contributed by atoms with van der Waals surface area (Å²) in [7, 11) is 0. The van der Waals surface area contributed by atoms with Gasteiger partial charge in [-0.05, 0) is 49.1 Å². The van der Waals surface area contributed by atoms with E-state index in [2.05, 4.69) is 43.4 Å². The highest BCUT2D eigenvalue weighted by Gasteiger charge is 2.00. The Morgan fingerprint density at radius 1 is 1.00 bits per heavy atom. The van der Waals surface area contributed by atoms with E-state index in [0.29, 0.717) is 0 Å². The van der Waals surface area contributed by atoms with E-state index in [1.165, 1.54) is 16.7 Å². The zero-order valence-corrected chi connectivity index (χ0v) is 11.0. The van der Waals surface area contributed by atoms with Crippen LogP contribution < -0.4 is 11.1 Å². The van der Waals surface area contributed by atoms with Crippen molar-refractivity contribution in [1.29, 1.82) is 0 Å². The summed E-state index contributed by atoms with van der Waals surface area (Å²) in [5, 5.41) is 3.45. The van der Waals surface area contributed by atoms with Crippen molar-refractivity contribution in [2.24, 2.45) is 0 Å². The Morgan fingerprint density at radius 3 is 2.56 bits per heavy atom. The molecule has 2 nitrogen and oxygen atoms in total. The number of benzene rings is 2. The van der Waals surface area contributed by atoms with Crippen molar-refractivity contribution < 1.29 is 0 Å². The Kier molecular flexibility index (Phi) is 3.88. The minimum absolute atomic E-state index is 0.805. The molecule has 2 aromatic carbocycles. The van der Waals surface area contributed by atoms with Crippen LogP contribution in [0.4, 0.5) is 11.4 Å². The molecule has 0 aromatic heterocycles. The van der Waals surface area contributed by atoms with E-state index in [9.17, 15) is 0 Å². The molecule has 0 bridgehead atoms. The zero-order chi connectivity index (χ0) is 13.0. The summed E-state index contributed by atoms with van der Waals surface area (Å²) in [6.45, 7) is 5.17. The van der Waals surface area contributed by atoms with E-state index in [4.69, 9.17) is 5.73 Å². The highest BCUT2D eigenvalue weighted by Crippen LogP contribution is 2.18. The Balaban J connectivity index is 1.96. The second-order valence-corrected chi connectivity index (χ2v) is 4.68. The van der Waals surface area contributed by atoms with E-state index in [-0.39, 0.29) is 0 Å². The summed E-state index contributed by atoms with van der Waals surface area (Å²) in [6, 6.07) is 14.5. The lowest BCUT2D eigenvalue weighted by Crippen LogP contribution is -2.07. The predicted molar refractivity (Wildman–Crippen MR) is 79.0 cm³/mol. The summed E-state index contributed by atoms with van der Waals surface area (Å²) < 4.78 is 0. The number of nitrogens with two attached hydrogens (primary N) is 1. The molecule has 3 N–H and O–H groups in total. The molecule has 0 atom stereocenters. The lowest BCUT2D eigenvalue weighted by atomic mass is 10.1. The van der Waals surface area contributed by atoms with Crippen LogP contribution in [0.5, 0.6) is 0 Å². The van der Waals surface area contributed by atoms with Crippen molar-refractivity contribution >= 4 is 11.4 Å². The normalized spacial score (nSPS) is 10.3. The SMILES string of the molecule is Cc1ccccc1CCNc1cc(N)ccc1C. The fraction of sp³-hybridized carbons (Fsp3) is 0.250. The summed E-state index contributed by atoms with van der Waals surface area (Å²) >= 11 is 0. The van der Waals surface area contributed by atoms with Crippen molar-refractivity contribution in [3.05, 3.63) is 59.2 Å². The first-order chi connectivity index (χ1) is 8.66. The molecular formula is C16H20N2. The molecule has 94 valence electrons. The molecule has 2 aromatic rings. The second kappa shape index (κ2) is 5.58. The van der Waals surface area contributed by atoms with Crippen molar-refractivity contribution in [2.75, 3.05) is 17.6 Å². The highest BCUT2D eigenvalue weighted by molar-refractivity contribution is 5.59. The quantitative estimate of drug-likeness (QED) is 0.802. The largest absolute Gasteiger partial charge is 0.399 e. The van der Waals surface area contributed by atoms with Gasteiger partial charge in [-0.1, -0.05) is 30.3 Å². The van der Waals surface area contributed by atoms with Crippen LogP contribution in [-0.4, -0.2) is 6.54 Å². The maximum Gasteiger partial charge on any atom is 0.0390 e. The first-order valence-corrected chi connectivity index (χ1v) is 6.31. The minimum atomic E-state index is 0.805. The molecule has 0 fully saturated rings. The van der Waals surface area contributed by atoms with E-state index in [1.807, 2.05) is 18.2 Å². The molecule has 0 aliphatic heterocycles. The standard InChI is InChI=1S/C16H20N2/c1-12-5-3-4-6-14(12)9-10-18-16-11-15(17)8-7-13(16)2/h3-8,11,18H,9-10,17H2,1-2H3. The molecular weight excluding hydrogens is 220 g/mol. The summed E-state index contributed by atoms with van der Waals surface area (Å²) in [5.41, 5.74) is 11.7. The average Bonchev–Trinajstić information content (AvgIpc) is 2.36. The number of hydrogen-bond acceptors (Lipinski definition) is 2. The summed E-state index contributed by atoms with van der Waals surface area (Å²) in [5.74, 6) is 0. The fourth-order valence-corrected chi connectivity index (χ4v) is 2.05. The Labute approximate surface area is 109 Å². The van der Waals surface area contributed by atoms with Crippen LogP contribution in [0, 0.1) is 13.8 Å². The predicted octanol–water partition coefficient (Wildman–Crippen LogP) is 3.54. The lowest BCUT2D eigenvalue weighted by molar-refractivity contribution is 1.00. The monoisotopic (exact) mass is 240 g/mol. The molecule has 0 unspecified atom stereocenters. The van der Waals surface area contributed by atoms with Gasteiger partial charge in [0.2, 0.25) is 0 Å². The number of anilines is 2. The van der Waals surface area contributed by atoms with Crippen LogP contribution in [-0.2, 0) is 6.42 Å². The van der Waals surface area contributed by atoms with E-state index >= 15 is 0 Å². The molecule has 2 heteroatoms. The lowest BCUT2D eigenvalue weighted by Gasteiger charge is -2.11. The Morgan fingerprint density at radius 2 is 1.78 bits per heavy atom. The van der Waals surface area contributed by atoms with Crippen molar-refractivity contribution in [3.8, 4) is 0 Å². The van der Waals surface area contributed by atoms with Crippen LogP contribution >= 0.6 is 0 Å². The van der Waals surface area contributed by atoms with E-state index in [0.717, 1.165) is 24.3 Å². The number of hydrogen-bond donors (Lipinski definition) is 2. The number of rotatable bonds is 4. The topological polar surface area (TPSA) is 38.0 Å². The second-order valence-electron chi connectivity index (χ2n) is 4.68. The van der Waals surface area contributed by atoms with Crippen molar-refractivity contribution in [1.82, 2.24) is 0 Å². The van der Waals surface area contributed by atoms with E-state index < -0.39 is 0 Å². The van der Waals surface area contributed by atoms with Gasteiger partial charge in [0.05, 0.1) is 0 Å². The first kappa shape index (κ1) is 12.5. The zero-order valence-electron chi connectivity index (χ0n) is 11.0. The Bertz CT molecular complexity index is 532. The van der Waals surface area contributed by atoms with Crippen molar-refractivity contribution in [2.45, 2.75) is 20.3 Å². The molecule has 0 heterocycles. The van der Waals surface area contributed by atoms with Gasteiger partial charge in [-0.25, -0.2) is 0 Å². The smallest absolute Gasteiger partial charge is 0.0390 e. The van der Waals surface area contributed by atoms with Crippen LogP contribution in [0.1, 0.15) is 16.7 Å². The maximum absolute atomic E-state index is 5.79. The third kappa shape index (κ3) is 3.04. The van der Waals surface area contributed by atoms with Crippen LogP contribution in [0.2, 0.25) is 0 Å². The van der Waals surface area contributed by atoms with Gasteiger partial charge in [-0.3, -0.25) is 0 Å². The number of nitrogens with one attached hydrogen (secondary N) is 1. The summed E-state index contributed by atoms with van der Waals surface area (Å²) in [6.07, 6.45) is 1.03. The molecule has 18 heavy (non-hydrogen) atoms. The first-order valence-electron chi connectivity index (χ1n) is 6.31. The van der Waals surface area contributed by atoms with Gasteiger partial charge in [0.1, 0.15) is 0 Å². The molecule has 0 aliphatic carbocycles. The third-order valence-electron chi connectivity index (χ3n) is 3.23. The molecule has 0 amide bonds. The fourth-order valence-electron chi connectivity index (χ4n) is 2.05. The molecule has 0 radical (unpaired) electrons. The van der Waals surface area contributed by atoms with Gasteiger partial charge in [0.25, 0.3) is 0 Å². The molecule has 0 aliphatic rings. The van der Waals surface area contributed by atoms with Gasteiger partial charge >= 0.3 is 0 Å². The number of nitrogen functional groups attached to an aromatic ring is 1. The molecule has 0 saturated heterocycles. The van der Waals surface area contributed by atoms with E-state index in [1.54, 1.807) is 0 Å². The van der Waals surface area contributed by atoms with Crippen molar-refractivity contribution in [3.63, 3.8) is 0 Å².